The van der Waals surface area contributed by atoms with Crippen LogP contribution in [-0.2, 0) is 0 Å². The van der Waals surface area contributed by atoms with Crippen molar-refractivity contribution in [2.24, 2.45) is 0 Å². The van der Waals surface area contributed by atoms with E-state index in [2.05, 4.69) is 10.6 Å². The first-order valence-electron chi connectivity index (χ1n) is 9.86. The van der Waals surface area contributed by atoms with Gasteiger partial charge in [0.1, 0.15) is 0 Å². The zero-order valence-corrected chi connectivity index (χ0v) is 18.2. The van der Waals surface area contributed by atoms with Gasteiger partial charge in [-0.2, -0.15) is 0 Å². The summed E-state index contributed by atoms with van der Waals surface area (Å²) < 4.78 is 0. The van der Waals surface area contributed by atoms with E-state index >= 15 is 0 Å². The summed E-state index contributed by atoms with van der Waals surface area (Å²) in [6.45, 7) is 0. The van der Waals surface area contributed by atoms with Crippen LogP contribution in [0, 0.1) is 20.2 Å². The average molecular weight is 493 g/mol. The minimum atomic E-state index is -0.920. The Labute approximate surface area is 201 Å². The number of halogens is 1. The summed E-state index contributed by atoms with van der Waals surface area (Å²) in [5.74, 6) is -1.48. The first kappa shape index (κ1) is 23.3. The highest BCUT2D eigenvalue weighted by molar-refractivity contribution is 6.35. The van der Waals surface area contributed by atoms with Gasteiger partial charge in [0.05, 0.1) is 21.1 Å². The number of hydrogen-bond donors (Lipinski definition) is 2. The molecule has 0 saturated carbocycles. The van der Waals surface area contributed by atoms with Crippen LogP contribution in [0.5, 0.6) is 0 Å². The summed E-state index contributed by atoms with van der Waals surface area (Å²) in [7, 11) is 0. The Kier molecular flexibility index (Phi) is 6.08. The number of carbonyl (C=O) groups excluding carboxylic acids is 3. The molecule has 0 unspecified atom stereocenters. The van der Waals surface area contributed by atoms with E-state index in [1.165, 1.54) is 30.3 Å². The number of Topliss-reactive ketones (excluding diaryl/α,β-unsaturated/α-hetero) is 1. The molecule has 0 saturated heterocycles. The maximum atomic E-state index is 12.7. The number of amides is 1. The maximum Gasteiger partial charge on any atom is 0.295 e. The molecule has 1 aliphatic rings. The highest BCUT2D eigenvalue weighted by atomic mass is 35.5. The van der Waals surface area contributed by atoms with Crippen molar-refractivity contribution in [1.29, 1.82) is 0 Å². The fourth-order valence-electron chi connectivity index (χ4n) is 3.39. The van der Waals surface area contributed by atoms with Crippen LogP contribution >= 0.6 is 11.6 Å². The van der Waals surface area contributed by atoms with Gasteiger partial charge in [-0.05, 0) is 24.3 Å². The quantitative estimate of drug-likeness (QED) is 0.366. The van der Waals surface area contributed by atoms with E-state index in [1.807, 2.05) is 0 Å². The predicted octanol–water partition coefficient (Wildman–Crippen LogP) is 4.78. The summed E-state index contributed by atoms with van der Waals surface area (Å²) in [5, 5.41) is 27.0. The Morgan fingerprint density at radius 3 is 1.94 bits per heavy atom. The normalized spacial score (nSPS) is 12.4. The van der Waals surface area contributed by atoms with Crippen LogP contribution in [0.1, 0.15) is 31.1 Å². The fourth-order valence-corrected chi connectivity index (χ4v) is 3.64. The van der Waals surface area contributed by atoms with E-state index in [-0.39, 0.29) is 34.1 Å². The maximum absolute atomic E-state index is 12.7. The van der Waals surface area contributed by atoms with Crippen LogP contribution in [0.2, 0.25) is 5.02 Å². The number of ketones is 2. The molecule has 4 rings (SSSR count). The number of carbonyl (C=O) groups is 3. The van der Waals surface area contributed by atoms with Crippen molar-refractivity contribution >= 4 is 51.8 Å². The van der Waals surface area contributed by atoms with Gasteiger partial charge in [-0.15, -0.1) is 0 Å². The summed E-state index contributed by atoms with van der Waals surface area (Å²) in [6.07, 6.45) is 1.21. The van der Waals surface area contributed by atoms with Crippen molar-refractivity contribution in [3.63, 3.8) is 0 Å². The van der Waals surface area contributed by atoms with Crippen LogP contribution < -0.4 is 10.6 Å². The van der Waals surface area contributed by atoms with E-state index in [4.69, 9.17) is 11.6 Å². The van der Waals surface area contributed by atoms with Crippen LogP contribution in [0.4, 0.5) is 22.7 Å². The second-order valence-electron chi connectivity index (χ2n) is 7.30. The molecule has 2 N–H and O–H groups in total. The zero-order chi connectivity index (χ0) is 25.3. The molecule has 0 radical (unpaired) electrons. The second-order valence-corrected chi connectivity index (χ2v) is 7.67. The standard InChI is InChI=1S/C23H13ClN4O7/c24-21-18(27(32)33)9-12(10-19(21)28(34)35)23(31)26-14-7-5-13(6-8-14)25-17-11-20(29)15-3-1-2-4-16(15)22(17)30/h1-11,25H,(H,26,31). The lowest BCUT2D eigenvalue weighted by molar-refractivity contribution is -0.393. The Hall–Kier alpha value is -4.90. The molecule has 12 heteroatoms. The van der Waals surface area contributed by atoms with Crippen molar-refractivity contribution in [3.8, 4) is 0 Å². The smallest absolute Gasteiger partial charge is 0.295 e. The molecule has 3 aromatic carbocycles. The highest BCUT2D eigenvalue weighted by Gasteiger charge is 2.28. The Balaban J connectivity index is 1.51. The Morgan fingerprint density at radius 1 is 0.829 bits per heavy atom. The zero-order valence-electron chi connectivity index (χ0n) is 17.5. The molecule has 1 amide bonds. The molecule has 174 valence electrons. The van der Waals surface area contributed by atoms with Gasteiger partial charge in [-0.25, -0.2) is 0 Å². The molecule has 0 bridgehead atoms. The van der Waals surface area contributed by atoms with Gasteiger partial charge in [-0.1, -0.05) is 35.9 Å². The number of nitrogens with one attached hydrogen (secondary N) is 2. The fraction of sp³-hybridized carbons (Fsp3) is 0. The number of nitro benzene ring substituents is 2. The van der Waals surface area contributed by atoms with Gasteiger partial charge in [0.2, 0.25) is 5.78 Å². The number of fused-ring (bicyclic) bond motifs is 1. The lowest BCUT2D eigenvalue weighted by atomic mass is 9.92. The van der Waals surface area contributed by atoms with Crippen molar-refractivity contribution in [3.05, 3.63) is 114 Å². The van der Waals surface area contributed by atoms with Crippen molar-refractivity contribution in [2.45, 2.75) is 0 Å². The molecule has 0 spiro atoms. The van der Waals surface area contributed by atoms with E-state index < -0.39 is 32.2 Å². The first-order chi connectivity index (χ1) is 16.7. The van der Waals surface area contributed by atoms with E-state index in [1.54, 1.807) is 24.3 Å². The van der Waals surface area contributed by atoms with E-state index in [0.717, 1.165) is 12.1 Å². The monoisotopic (exact) mass is 492 g/mol. The van der Waals surface area contributed by atoms with Gasteiger partial charge in [0.15, 0.2) is 10.8 Å². The number of nitro groups is 2. The number of anilines is 2. The summed E-state index contributed by atoms with van der Waals surface area (Å²) in [4.78, 5) is 58.0. The Bertz CT molecular complexity index is 1430. The summed E-state index contributed by atoms with van der Waals surface area (Å²) in [6, 6.07) is 14.2. The minimum absolute atomic E-state index is 0.0891. The molecular weight excluding hydrogens is 480 g/mol. The lowest BCUT2D eigenvalue weighted by Crippen LogP contribution is -2.21. The topological polar surface area (TPSA) is 162 Å². The van der Waals surface area contributed by atoms with Crippen molar-refractivity contribution in [2.75, 3.05) is 10.6 Å². The molecule has 0 aliphatic heterocycles. The molecule has 0 heterocycles. The number of allylic oxidation sites excluding steroid dienone is 2. The number of hydrogen-bond acceptors (Lipinski definition) is 8. The van der Waals surface area contributed by atoms with Crippen LogP contribution in [0.3, 0.4) is 0 Å². The second kappa shape index (κ2) is 9.15. The van der Waals surface area contributed by atoms with Gasteiger partial charge in [0, 0.05) is 40.7 Å². The molecule has 35 heavy (non-hydrogen) atoms. The van der Waals surface area contributed by atoms with Crippen LogP contribution in [0.25, 0.3) is 0 Å². The van der Waals surface area contributed by atoms with Crippen LogP contribution in [-0.4, -0.2) is 27.3 Å². The van der Waals surface area contributed by atoms with Gasteiger partial charge in [-0.3, -0.25) is 34.6 Å². The molecule has 0 fully saturated rings. The third-order valence-corrected chi connectivity index (χ3v) is 5.46. The van der Waals surface area contributed by atoms with Gasteiger partial charge >= 0.3 is 0 Å². The summed E-state index contributed by atoms with van der Waals surface area (Å²) >= 11 is 5.71. The van der Waals surface area contributed by atoms with Crippen molar-refractivity contribution in [1.82, 2.24) is 0 Å². The number of nitrogens with zero attached hydrogens (tertiary/aromatic N) is 2. The third kappa shape index (κ3) is 4.61. The van der Waals surface area contributed by atoms with Gasteiger partial charge < -0.3 is 10.6 Å². The van der Waals surface area contributed by atoms with E-state index in [9.17, 15) is 34.6 Å². The molecule has 1 aliphatic carbocycles. The molecule has 11 nitrogen and oxygen atoms in total. The summed E-state index contributed by atoms with van der Waals surface area (Å²) in [5.41, 5.74) is -0.448. The van der Waals surface area contributed by atoms with E-state index in [0.29, 0.717) is 11.3 Å². The number of benzene rings is 3. The average Bonchev–Trinajstić information content (AvgIpc) is 2.83. The highest BCUT2D eigenvalue weighted by Crippen LogP contribution is 2.35. The first-order valence-corrected chi connectivity index (χ1v) is 10.2. The van der Waals surface area contributed by atoms with Crippen LogP contribution in [0.15, 0.2) is 72.4 Å². The number of rotatable bonds is 6. The predicted molar refractivity (Wildman–Crippen MR) is 126 cm³/mol. The Morgan fingerprint density at radius 2 is 1.37 bits per heavy atom. The molecular formula is C23H13ClN4O7. The molecule has 3 aromatic rings. The molecule has 0 aromatic heterocycles. The third-order valence-electron chi connectivity index (χ3n) is 5.07. The SMILES string of the molecule is O=C(Nc1ccc(NC2=CC(=O)c3ccccc3C2=O)cc1)c1cc([N+](=O)[O-])c(Cl)c([N+](=O)[O-])c1. The minimum Gasteiger partial charge on any atom is -0.352 e. The molecule has 0 atom stereocenters. The lowest BCUT2D eigenvalue weighted by Gasteiger charge is -2.16. The van der Waals surface area contributed by atoms with Gasteiger partial charge in [0.25, 0.3) is 17.3 Å². The van der Waals surface area contributed by atoms with Crippen molar-refractivity contribution < 1.29 is 24.2 Å². The largest absolute Gasteiger partial charge is 0.352 e.